The summed E-state index contributed by atoms with van der Waals surface area (Å²) in [6.07, 6.45) is 1.50. The smallest absolute Gasteiger partial charge is 0.338 e. The Morgan fingerprint density at radius 3 is 2.56 bits per heavy atom. The highest BCUT2D eigenvalue weighted by Gasteiger charge is 2.49. The number of esters is 1. The molecule has 0 radical (unpaired) electrons. The number of benzene rings is 2. The lowest BCUT2D eigenvalue weighted by atomic mass is 9.98. The fourth-order valence-corrected chi connectivity index (χ4v) is 4.56. The van der Waals surface area contributed by atoms with Gasteiger partial charge in [0.25, 0.3) is 5.91 Å². The molecule has 0 spiro atoms. The minimum Gasteiger partial charge on any atom is -0.456 e. The van der Waals surface area contributed by atoms with E-state index in [1.54, 1.807) is 45.0 Å². The number of ether oxygens (including phenoxy) is 1. The van der Waals surface area contributed by atoms with Crippen molar-refractivity contribution in [3.63, 3.8) is 0 Å². The highest BCUT2D eigenvalue weighted by atomic mass is 35.5. The van der Waals surface area contributed by atoms with Gasteiger partial charge in [0.05, 0.1) is 23.0 Å². The van der Waals surface area contributed by atoms with Crippen molar-refractivity contribution in [2.24, 2.45) is 0 Å². The number of anilines is 1. The molecule has 1 aliphatic rings. The normalized spacial score (nSPS) is 18.5. The van der Waals surface area contributed by atoms with E-state index < -0.39 is 29.2 Å². The zero-order chi connectivity index (χ0) is 27.9. The van der Waals surface area contributed by atoms with Crippen LogP contribution in [-0.4, -0.2) is 52.9 Å². The molecule has 0 fully saturated rings. The average molecular weight is 549 g/mol. The summed E-state index contributed by atoms with van der Waals surface area (Å²) >= 11 is 6.24. The number of nitrogens with one attached hydrogen (secondary N) is 1. The third-order valence-electron chi connectivity index (χ3n) is 6.18. The van der Waals surface area contributed by atoms with Crippen LogP contribution in [0.25, 0.3) is 16.8 Å². The molecule has 0 saturated heterocycles. The molecule has 0 aliphatic heterocycles. The van der Waals surface area contributed by atoms with Gasteiger partial charge in [-0.05, 0) is 79.7 Å². The molecule has 2 aromatic carbocycles. The second-order valence-corrected chi connectivity index (χ2v) is 10.6. The Hall–Kier alpha value is -4.19. The molecule has 0 saturated carbocycles. The molecule has 11 nitrogen and oxygen atoms in total. The molecule has 2 aromatic heterocycles. The van der Waals surface area contributed by atoms with E-state index in [0.29, 0.717) is 38.7 Å². The quantitative estimate of drug-likeness (QED) is 0.317. The molecule has 2 heterocycles. The van der Waals surface area contributed by atoms with Crippen molar-refractivity contribution in [1.82, 2.24) is 25.2 Å². The summed E-state index contributed by atoms with van der Waals surface area (Å²) in [5, 5.41) is 36.6. The zero-order valence-electron chi connectivity index (χ0n) is 21.3. The van der Waals surface area contributed by atoms with Crippen molar-refractivity contribution in [2.45, 2.75) is 44.5 Å². The van der Waals surface area contributed by atoms with E-state index in [-0.39, 0.29) is 12.1 Å². The van der Waals surface area contributed by atoms with Crippen LogP contribution in [0.15, 0.2) is 61.1 Å². The van der Waals surface area contributed by atoms with E-state index in [1.165, 1.54) is 41.5 Å². The number of hydrogen-bond acceptors (Lipinski definition) is 9. The first-order valence-corrected chi connectivity index (χ1v) is 12.4. The first-order valence-electron chi connectivity index (χ1n) is 12.0. The minimum atomic E-state index is -2.08. The predicted octanol–water partition coefficient (Wildman–Crippen LogP) is 3.60. The average Bonchev–Trinajstić information content (AvgIpc) is 3.50. The second kappa shape index (κ2) is 9.84. The van der Waals surface area contributed by atoms with Crippen LogP contribution in [0.5, 0.6) is 0 Å². The summed E-state index contributed by atoms with van der Waals surface area (Å²) in [6.45, 7) is 5.31. The maximum atomic E-state index is 13.2. The predicted molar refractivity (Wildman–Crippen MR) is 141 cm³/mol. The highest BCUT2D eigenvalue weighted by molar-refractivity contribution is 6.31. The number of hydrogen-bond donors (Lipinski definition) is 3. The van der Waals surface area contributed by atoms with Crippen molar-refractivity contribution in [2.75, 3.05) is 5.32 Å². The Balaban J connectivity index is 1.40. The molecule has 39 heavy (non-hydrogen) atoms. The number of amides is 1. The lowest BCUT2D eigenvalue weighted by molar-refractivity contribution is -0.137. The zero-order valence-corrected chi connectivity index (χ0v) is 22.0. The first-order chi connectivity index (χ1) is 18.4. The summed E-state index contributed by atoms with van der Waals surface area (Å²) in [7, 11) is 0. The standard InChI is InChI=1S/C27H25ClN6O5/c1-26(2,3)39-24(36)15-4-7-18(8-5-15)31-25(37)27(38)12-22(35)20-10-16(13-29-23(20)27)19-11-17(28)6-9-21(19)34-14-30-32-33-34/h4-11,13-14,22,35,38H,12H2,1-3H3,(H,31,37). The van der Waals surface area contributed by atoms with Gasteiger partial charge in [-0.25, -0.2) is 4.79 Å². The van der Waals surface area contributed by atoms with Crippen LogP contribution >= 0.6 is 11.6 Å². The van der Waals surface area contributed by atoms with Gasteiger partial charge in [0.15, 0.2) is 5.60 Å². The van der Waals surface area contributed by atoms with Crippen molar-refractivity contribution >= 4 is 29.2 Å². The fraction of sp³-hybridized carbons (Fsp3) is 0.259. The maximum Gasteiger partial charge on any atom is 0.338 e. The van der Waals surface area contributed by atoms with Crippen LogP contribution < -0.4 is 5.32 Å². The molecule has 4 aromatic rings. The molecule has 1 aliphatic carbocycles. The molecule has 5 rings (SSSR count). The largest absolute Gasteiger partial charge is 0.456 e. The number of tetrazole rings is 1. The fourth-order valence-electron chi connectivity index (χ4n) is 4.39. The molecule has 2 atom stereocenters. The Morgan fingerprint density at radius 1 is 1.15 bits per heavy atom. The second-order valence-electron chi connectivity index (χ2n) is 10.2. The number of nitrogens with zero attached hydrogens (tertiary/aromatic N) is 5. The van der Waals surface area contributed by atoms with E-state index >= 15 is 0 Å². The first kappa shape index (κ1) is 26.4. The molecule has 200 valence electrons. The number of carbonyl (C=O) groups is 2. The number of halogens is 1. The topological polar surface area (TPSA) is 152 Å². The summed E-state index contributed by atoms with van der Waals surface area (Å²) in [4.78, 5) is 29.9. The van der Waals surface area contributed by atoms with Crippen molar-refractivity contribution in [3.8, 4) is 16.8 Å². The molecule has 0 bridgehead atoms. The number of aromatic nitrogens is 5. The summed E-state index contributed by atoms with van der Waals surface area (Å²) in [5.74, 6) is -1.25. The summed E-state index contributed by atoms with van der Waals surface area (Å²) < 4.78 is 6.81. The minimum absolute atomic E-state index is 0.0487. The molecule has 1 amide bonds. The van der Waals surface area contributed by atoms with Crippen LogP contribution in [0.1, 0.15) is 54.9 Å². The van der Waals surface area contributed by atoms with E-state index in [1.807, 2.05) is 0 Å². The van der Waals surface area contributed by atoms with Crippen LogP contribution in [0, 0.1) is 0 Å². The van der Waals surface area contributed by atoms with Crippen LogP contribution in [0.2, 0.25) is 5.02 Å². The van der Waals surface area contributed by atoms with E-state index in [0.717, 1.165) is 0 Å². The van der Waals surface area contributed by atoms with Crippen LogP contribution in [0.3, 0.4) is 0 Å². The third-order valence-corrected chi connectivity index (χ3v) is 6.41. The van der Waals surface area contributed by atoms with E-state index in [9.17, 15) is 19.8 Å². The van der Waals surface area contributed by atoms with E-state index in [4.69, 9.17) is 16.3 Å². The third kappa shape index (κ3) is 5.24. The lowest BCUT2D eigenvalue weighted by Crippen LogP contribution is -2.39. The Labute approximate surface area is 228 Å². The van der Waals surface area contributed by atoms with Gasteiger partial charge in [-0.1, -0.05) is 11.6 Å². The van der Waals surface area contributed by atoms with Gasteiger partial charge < -0.3 is 20.3 Å². The molecule has 2 unspecified atom stereocenters. The van der Waals surface area contributed by atoms with E-state index in [2.05, 4.69) is 25.8 Å². The summed E-state index contributed by atoms with van der Waals surface area (Å²) in [5.41, 5.74) is 0.167. The van der Waals surface area contributed by atoms with Crippen molar-refractivity contribution in [1.29, 1.82) is 0 Å². The van der Waals surface area contributed by atoms with Crippen LogP contribution in [0.4, 0.5) is 5.69 Å². The monoisotopic (exact) mass is 548 g/mol. The number of rotatable bonds is 5. The molecular weight excluding hydrogens is 524 g/mol. The van der Waals surface area contributed by atoms with Crippen molar-refractivity contribution in [3.05, 3.63) is 82.9 Å². The van der Waals surface area contributed by atoms with Gasteiger partial charge in [-0.15, -0.1) is 5.10 Å². The molecule has 12 heteroatoms. The van der Waals surface area contributed by atoms with Gasteiger partial charge in [0.1, 0.15) is 11.9 Å². The Morgan fingerprint density at radius 2 is 1.90 bits per heavy atom. The Bertz CT molecular complexity index is 1550. The van der Waals surface area contributed by atoms with Gasteiger partial charge in [0, 0.05) is 40.0 Å². The number of carbonyl (C=O) groups excluding carboxylic acids is 2. The van der Waals surface area contributed by atoms with Crippen molar-refractivity contribution < 1.29 is 24.5 Å². The molecule has 3 N–H and O–H groups in total. The Kier molecular flexibility index (Phi) is 6.67. The number of aliphatic hydroxyl groups is 2. The highest BCUT2D eigenvalue weighted by Crippen LogP contribution is 2.44. The summed E-state index contributed by atoms with van der Waals surface area (Å²) in [6, 6.07) is 12.9. The maximum absolute atomic E-state index is 13.2. The number of pyridine rings is 1. The SMILES string of the molecule is CC(C)(C)OC(=O)c1ccc(NC(=O)C2(O)CC(O)c3cc(-c4cc(Cl)ccc4-n4cnnn4)cnc32)cc1. The lowest BCUT2D eigenvalue weighted by Gasteiger charge is -2.22. The number of fused-ring (bicyclic) bond motifs is 1. The number of aliphatic hydroxyl groups excluding tert-OH is 1. The van der Waals surface area contributed by atoms with Gasteiger partial charge in [0.2, 0.25) is 0 Å². The van der Waals surface area contributed by atoms with Crippen LogP contribution in [-0.2, 0) is 15.1 Å². The van der Waals surface area contributed by atoms with Gasteiger partial charge in [-0.3, -0.25) is 9.78 Å². The van der Waals surface area contributed by atoms with Gasteiger partial charge in [-0.2, -0.15) is 4.68 Å². The van der Waals surface area contributed by atoms with Gasteiger partial charge >= 0.3 is 5.97 Å². The molecular formula is C27H25ClN6O5.